The number of unbranched alkanes of at least 4 members (excludes halogenated alkanes) is 1. The van der Waals surface area contributed by atoms with E-state index in [9.17, 15) is 26.3 Å². The van der Waals surface area contributed by atoms with E-state index in [2.05, 4.69) is 23.7 Å². The van der Waals surface area contributed by atoms with Crippen LogP contribution in [-0.4, -0.2) is 6.61 Å². The molecule has 0 amide bonds. The van der Waals surface area contributed by atoms with E-state index in [-0.39, 0.29) is 11.3 Å². The van der Waals surface area contributed by atoms with Crippen LogP contribution in [0.15, 0.2) is 54.6 Å². The van der Waals surface area contributed by atoms with E-state index < -0.39 is 46.0 Å². The maximum Gasteiger partial charge on any atom is 0.159 e. The lowest BCUT2D eigenvalue weighted by atomic mass is 10.1. The molecule has 7 heteroatoms. The Morgan fingerprint density at radius 2 is 1.11 bits per heavy atom. The van der Waals surface area contributed by atoms with E-state index in [0.29, 0.717) is 22.9 Å². The highest BCUT2D eigenvalue weighted by Gasteiger charge is 2.12. The van der Waals surface area contributed by atoms with Crippen molar-refractivity contribution in [1.29, 1.82) is 0 Å². The molecule has 0 bridgehead atoms. The number of halogens is 6. The van der Waals surface area contributed by atoms with E-state index in [0.717, 1.165) is 49.2 Å². The second-order valence-electron chi connectivity index (χ2n) is 8.11. The Bertz CT molecular complexity index is 1570. The van der Waals surface area contributed by atoms with Crippen LogP contribution in [0.3, 0.4) is 0 Å². The van der Waals surface area contributed by atoms with Gasteiger partial charge in [-0.1, -0.05) is 43.1 Å². The van der Waals surface area contributed by atoms with E-state index in [1.807, 2.05) is 6.92 Å². The van der Waals surface area contributed by atoms with E-state index in [1.165, 1.54) is 18.2 Å². The van der Waals surface area contributed by atoms with Crippen molar-refractivity contribution in [3.63, 3.8) is 0 Å². The lowest BCUT2D eigenvalue weighted by molar-refractivity contribution is 0.306. The van der Waals surface area contributed by atoms with Crippen molar-refractivity contribution in [2.45, 2.75) is 19.8 Å². The Morgan fingerprint density at radius 3 is 1.70 bits per heavy atom. The summed E-state index contributed by atoms with van der Waals surface area (Å²) in [5.74, 6) is 3.66. The molecule has 37 heavy (non-hydrogen) atoms. The van der Waals surface area contributed by atoms with Crippen LogP contribution < -0.4 is 4.74 Å². The Balaban J connectivity index is 1.58. The number of hydrogen-bond donors (Lipinski definition) is 0. The molecule has 0 aromatic heterocycles. The third kappa shape index (κ3) is 6.08. The van der Waals surface area contributed by atoms with Gasteiger partial charge in [0.05, 0.1) is 17.7 Å². The first-order valence-electron chi connectivity index (χ1n) is 11.3. The summed E-state index contributed by atoms with van der Waals surface area (Å²) in [5.41, 5.74) is -0.915. The first kappa shape index (κ1) is 25.7. The third-order valence-electron chi connectivity index (χ3n) is 5.37. The van der Waals surface area contributed by atoms with Gasteiger partial charge < -0.3 is 4.74 Å². The van der Waals surface area contributed by atoms with Crippen LogP contribution in [0.4, 0.5) is 26.3 Å². The normalized spacial score (nSPS) is 10.5. The number of benzene rings is 4. The van der Waals surface area contributed by atoms with Gasteiger partial charge in [0.1, 0.15) is 29.0 Å². The van der Waals surface area contributed by atoms with Gasteiger partial charge in [0.2, 0.25) is 0 Å². The zero-order chi connectivity index (χ0) is 26.5. The summed E-state index contributed by atoms with van der Waals surface area (Å²) in [5, 5.41) is 0.813. The fourth-order valence-electron chi connectivity index (χ4n) is 3.44. The molecule has 0 spiro atoms. The number of fused-ring (bicyclic) bond motifs is 1. The summed E-state index contributed by atoms with van der Waals surface area (Å²) in [6.45, 7) is 2.26. The lowest BCUT2D eigenvalue weighted by Gasteiger charge is -2.06. The zero-order valence-electron chi connectivity index (χ0n) is 19.5. The standard InChI is InChI=1S/C30H18F6O/c1-2-3-10-37-22-16-27(33)24(28(34)17-22)9-6-19-12-25(31)23(26(32)13-19)8-5-18-4-7-20-14-29(35)30(36)15-21(20)11-18/h4,7,11-17H,2-3,10H2,1H3. The molecule has 186 valence electrons. The van der Waals surface area contributed by atoms with Gasteiger partial charge in [-0.3, -0.25) is 0 Å². The fourth-order valence-corrected chi connectivity index (χ4v) is 3.44. The van der Waals surface area contributed by atoms with Gasteiger partial charge in [0, 0.05) is 23.3 Å². The van der Waals surface area contributed by atoms with Crippen molar-refractivity contribution < 1.29 is 31.1 Å². The second-order valence-corrected chi connectivity index (χ2v) is 8.11. The van der Waals surface area contributed by atoms with E-state index >= 15 is 0 Å². The average molecular weight is 508 g/mol. The molecule has 0 aliphatic rings. The second kappa shape index (κ2) is 11.1. The van der Waals surface area contributed by atoms with Gasteiger partial charge in [-0.05, 0) is 53.6 Å². The van der Waals surface area contributed by atoms with Crippen LogP contribution in [0.25, 0.3) is 10.8 Å². The van der Waals surface area contributed by atoms with Gasteiger partial charge in [-0.15, -0.1) is 0 Å². The van der Waals surface area contributed by atoms with Gasteiger partial charge >= 0.3 is 0 Å². The Labute approximate surface area is 209 Å². The molecule has 0 aliphatic heterocycles. The van der Waals surface area contributed by atoms with Crippen LogP contribution in [0, 0.1) is 58.6 Å². The van der Waals surface area contributed by atoms with Crippen molar-refractivity contribution in [3.05, 3.63) is 112 Å². The summed E-state index contributed by atoms with van der Waals surface area (Å²) < 4.78 is 89.9. The lowest BCUT2D eigenvalue weighted by Crippen LogP contribution is -1.99. The van der Waals surface area contributed by atoms with Crippen molar-refractivity contribution in [2.24, 2.45) is 0 Å². The average Bonchev–Trinajstić information content (AvgIpc) is 2.84. The molecule has 0 N–H and O–H groups in total. The van der Waals surface area contributed by atoms with Crippen LogP contribution in [0.5, 0.6) is 5.75 Å². The predicted octanol–water partition coefficient (Wildman–Crippen LogP) is 7.65. The molecule has 0 saturated carbocycles. The Hall–Kier alpha value is -4.36. The minimum atomic E-state index is -1.03. The summed E-state index contributed by atoms with van der Waals surface area (Å²) in [6.07, 6.45) is 1.59. The number of hydrogen-bond acceptors (Lipinski definition) is 1. The number of rotatable bonds is 4. The SMILES string of the molecule is CCCCOc1cc(F)c(C#Cc2cc(F)c(C#Cc3ccc4cc(F)c(F)cc4c3)c(F)c2)c(F)c1. The highest BCUT2D eigenvalue weighted by Crippen LogP contribution is 2.22. The predicted molar refractivity (Wildman–Crippen MR) is 129 cm³/mol. The quantitative estimate of drug-likeness (QED) is 0.156. The van der Waals surface area contributed by atoms with Crippen LogP contribution in [-0.2, 0) is 0 Å². The van der Waals surface area contributed by atoms with E-state index in [1.54, 1.807) is 0 Å². The highest BCUT2D eigenvalue weighted by atomic mass is 19.2. The van der Waals surface area contributed by atoms with Gasteiger partial charge in [-0.2, -0.15) is 0 Å². The van der Waals surface area contributed by atoms with Crippen LogP contribution in [0.2, 0.25) is 0 Å². The largest absolute Gasteiger partial charge is 0.493 e. The molecule has 0 aliphatic carbocycles. The third-order valence-corrected chi connectivity index (χ3v) is 5.37. The van der Waals surface area contributed by atoms with Crippen LogP contribution in [0.1, 0.15) is 42.0 Å². The molecule has 0 fully saturated rings. The summed E-state index contributed by atoms with van der Waals surface area (Å²) in [7, 11) is 0. The van der Waals surface area contributed by atoms with Gasteiger partial charge in [-0.25, -0.2) is 26.3 Å². The number of ether oxygens (including phenoxy) is 1. The minimum Gasteiger partial charge on any atom is -0.493 e. The zero-order valence-corrected chi connectivity index (χ0v) is 19.5. The maximum absolute atomic E-state index is 14.6. The molecule has 0 saturated heterocycles. The molecule has 1 nitrogen and oxygen atoms in total. The van der Waals surface area contributed by atoms with Crippen molar-refractivity contribution in [1.82, 2.24) is 0 Å². The van der Waals surface area contributed by atoms with Crippen LogP contribution >= 0.6 is 0 Å². The molecule has 0 atom stereocenters. The molecule has 0 unspecified atom stereocenters. The minimum absolute atomic E-state index is 0.0257. The molecule has 4 aromatic rings. The molecule has 0 heterocycles. The maximum atomic E-state index is 14.6. The van der Waals surface area contributed by atoms with Crippen molar-refractivity contribution in [2.75, 3.05) is 6.61 Å². The first-order valence-corrected chi connectivity index (χ1v) is 11.3. The van der Waals surface area contributed by atoms with E-state index in [4.69, 9.17) is 4.74 Å². The summed E-state index contributed by atoms with van der Waals surface area (Å²) in [6, 6.07) is 10.3. The summed E-state index contributed by atoms with van der Waals surface area (Å²) in [4.78, 5) is 0. The molecule has 4 aromatic carbocycles. The molecular weight excluding hydrogens is 490 g/mol. The highest BCUT2D eigenvalue weighted by molar-refractivity contribution is 5.84. The fraction of sp³-hybridized carbons (Fsp3) is 0.133. The summed E-state index contributed by atoms with van der Waals surface area (Å²) >= 11 is 0. The Kier molecular flexibility index (Phi) is 7.74. The van der Waals surface area contributed by atoms with Crippen molar-refractivity contribution >= 4 is 10.8 Å². The smallest absolute Gasteiger partial charge is 0.159 e. The molecule has 4 rings (SSSR count). The molecule has 0 radical (unpaired) electrons. The monoisotopic (exact) mass is 508 g/mol. The van der Waals surface area contributed by atoms with Crippen molar-refractivity contribution in [3.8, 4) is 29.4 Å². The molecular formula is C30H18F6O. The van der Waals surface area contributed by atoms with Gasteiger partial charge in [0.15, 0.2) is 11.6 Å². The van der Waals surface area contributed by atoms with Gasteiger partial charge in [0.25, 0.3) is 0 Å². The first-order chi connectivity index (χ1) is 17.7. The Morgan fingerprint density at radius 1 is 0.568 bits per heavy atom. The topological polar surface area (TPSA) is 9.23 Å².